The minimum Gasteiger partial charge on any atom is -0.475 e. The third-order valence-corrected chi connectivity index (χ3v) is 5.90. The average molecular weight is 580 g/mol. The van der Waals surface area contributed by atoms with E-state index in [-0.39, 0.29) is 36.4 Å². The Labute approximate surface area is 234 Å². The molecule has 0 bridgehead atoms. The molecule has 0 aliphatic carbocycles. The van der Waals surface area contributed by atoms with Crippen molar-refractivity contribution >= 4 is 17.8 Å². The molecule has 0 aromatic carbocycles. The molecule has 2 aromatic rings. The number of alkyl halides is 3. The van der Waals surface area contributed by atoms with E-state index in [4.69, 9.17) is 16.3 Å². The molecular weight excluding hydrogens is 547 g/mol. The van der Waals surface area contributed by atoms with Crippen LogP contribution < -0.4 is 10.9 Å². The van der Waals surface area contributed by atoms with E-state index in [9.17, 15) is 27.6 Å². The molecule has 12 nitrogen and oxygen atoms in total. The monoisotopic (exact) mass is 579 g/mol. The average Bonchev–Trinajstić information content (AvgIpc) is 3.51. The van der Waals surface area contributed by atoms with Crippen molar-refractivity contribution in [3.63, 3.8) is 0 Å². The number of amides is 2. The number of aryl methyl sites for hydroxylation is 1. The van der Waals surface area contributed by atoms with Crippen LogP contribution in [0.25, 0.3) is 0 Å². The second kappa shape index (κ2) is 14.2. The number of nitrogens with zero attached hydrogens (tertiary/aromatic N) is 5. The van der Waals surface area contributed by atoms with Gasteiger partial charge < -0.3 is 24.9 Å². The van der Waals surface area contributed by atoms with Crippen molar-refractivity contribution in [1.29, 1.82) is 0 Å². The molecule has 1 unspecified atom stereocenters. The van der Waals surface area contributed by atoms with Crippen molar-refractivity contribution in [2.75, 3.05) is 0 Å². The standard InChI is InChI=1S/C24H31N7O3.C2HF3O2/c1-5-7-10-24(28-29-24)11-8-21(33)31(15-18-9-12-26-20(32)13-18)22(23(34)27-17(3)4)19-14-25-16-30(19)6-2;3-2(4,5)1(6)7/h1,9,12-14,16-17,22H,6-8,10-11,15H2,2-4H3,(H,26,32)(H,27,34);(H,6,7). The summed E-state index contributed by atoms with van der Waals surface area (Å²) >= 11 is 0. The number of terminal acetylenes is 1. The van der Waals surface area contributed by atoms with E-state index in [0.29, 0.717) is 37.1 Å². The molecule has 0 saturated carbocycles. The molecule has 1 atom stereocenters. The third kappa shape index (κ3) is 9.89. The fourth-order valence-corrected chi connectivity index (χ4v) is 3.85. The number of rotatable bonds is 12. The maximum absolute atomic E-state index is 13.6. The summed E-state index contributed by atoms with van der Waals surface area (Å²) in [6, 6.07) is 2.09. The highest BCUT2D eigenvalue weighted by Crippen LogP contribution is 2.38. The quantitative estimate of drug-likeness (QED) is 0.327. The molecule has 41 heavy (non-hydrogen) atoms. The zero-order chi connectivity index (χ0) is 30.8. The number of H-pyrrole nitrogens is 1. The normalized spacial score (nSPS) is 13.9. The Kier molecular flexibility index (Phi) is 11.4. The van der Waals surface area contributed by atoms with Gasteiger partial charge in [-0.1, -0.05) is 0 Å². The summed E-state index contributed by atoms with van der Waals surface area (Å²) in [5.41, 5.74) is 0.320. The highest BCUT2D eigenvalue weighted by molar-refractivity contribution is 5.88. The molecule has 3 rings (SSSR count). The van der Waals surface area contributed by atoms with E-state index < -0.39 is 23.9 Å². The Morgan fingerprint density at radius 3 is 2.44 bits per heavy atom. The topological polar surface area (TPSA) is 162 Å². The molecule has 2 aromatic heterocycles. The van der Waals surface area contributed by atoms with E-state index in [1.807, 2.05) is 25.3 Å². The van der Waals surface area contributed by atoms with Gasteiger partial charge in [-0.3, -0.25) is 14.4 Å². The molecule has 0 saturated heterocycles. The fraction of sp³-hybridized carbons (Fsp3) is 0.500. The van der Waals surface area contributed by atoms with Gasteiger partial charge in [0.25, 0.3) is 0 Å². The summed E-state index contributed by atoms with van der Waals surface area (Å²) in [6.45, 7) is 6.33. The van der Waals surface area contributed by atoms with Crippen LogP contribution in [0.4, 0.5) is 13.2 Å². The first kappa shape index (κ1) is 32.7. The number of aromatic amines is 1. The lowest BCUT2D eigenvalue weighted by molar-refractivity contribution is -0.192. The Bertz CT molecular complexity index is 1340. The van der Waals surface area contributed by atoms with Crippen LogP contribution in [0.3, 0.4) is 0 Å². The van der Waals surface area contributed by atoms with Gasteiger partial charge in [0, 0.05) is 57.1 Å². The van der Waals surface area contributed by atoms with Crippen LogP contribution in [0.1, 0.15) is 63.8 Å². The van der Waals surface area contributed by atoms with Crippen molar-refractivity contribution in [3.05, 3.63) is 52.5 Å². The van der Waals surface area contributed by atoms with E-state index >= 15 is 0 Å². The summed E-state index contributed by atoms with van der Waals surface area (Å²) in [4.78, 5) is 56.1. The molecule has 2 amide bonds. The van der Waals surface area contributed by atoms with Gasteiger partial charge in [-0.25, -0.2) is 9.78 Å². The largest absolute Gasteiger partial charge is 0.490 e. The summed E-state index contributed by atoms with van der Waals surface area (Å²) < 4.78 is 33.6. The van der Waals surface area contributed by atoms with Crippen LogP contribution >= 0.6 is 0 Å². The maximum atomic E-state index is 13.6. The van der Waals surface area contributed by atoms with E-state index in [2.05, 4.69) is 31.4 Å². The zero-order valence-corrected chi connectivity index (χ0v) is 22.8. The lowest BCUT2D eigenvalue weighted by Crippen LogP contribution is -2.46. The van der Waals surface area contributed by atoms with Gasteiger partial charge in [0.1, 0.15) is 0 Å². The number of carbonyl (C=O) groups excluding carboxylic acids is 2. The number of carbonyl (C=O) groups is 3. The van der Waals surface area contributed by atoms with Crippen LogP contribution in [-0.4, -0.2) is 60.2 Å². The number of aliphatic carboxylic acids is 1. The van der Waals surface area contributed by atoms with Crippen molar-refractivity contribution in [1.82, 2.24) is 24.8 Å². The van der Waals surface area contributed by atoms with Crippen LogP contribution in [0.15, 0.2) is 45.9 Å². The van der Waals surface area contributed by atoms with Gasteiger partial charge in [-0.05, 0) is 32.4 Å². The SMILES string of the molecule is C#CCCC1(CCC(=O)N(Cc2cc[nH]c(=O)c2)C(C(=O)NC(C)C)c2cncn2CC)N=N1.O=C(O)C(F)(F)F. The number of aromatic nitrogens is 3. The van der Waals surface area contributed by atoms with Gasteiger partial charge in [0.15, 0.2) is 11.7 Å². The number of nitrogens with one attached hydrogen (secondary N) is 2. The molecule has 3 heterocycles. The first-order valence-electron chi connectivity index (χ1n) is 12.7. The number of hydrogen-bond acceptors (Lipinski definition) is 7. The molecule has 0 spiro atoms. The minimum absolute atomic E-state index is 0.0828. The first-order valence-corrected chi connectivity index (χ1v) is 12.7. The number of halogens is 3. The lowest BCUT2D eigenvalue weighted by Gasteiger charge is -2.32. The van der Waals surface area contributed by atoms with Crippen LogP contribution in [0.5, 0.6) is 0 Å². The predicted octanol–water partition coefficient (Wildman–Crippen LogP) is 3.17. The number of carboxylic acid groups (broad SMARTS) is 1. The van der Waals surface area contributed by atoms with Crippen molar-refractivity contribution in [3.8, 4) is 12.3 Å². The smallest absolute Gasteiger partial charge is 0.475 e. The molecule has 15 heteroatoms. The van der Waals surface area contributed by atoms with Gasteiger partial charge in [0.2, 0.25) is 17.4 Å². The molecule has 3 N–H and O–H groups in total. The molecular formula is C26H32F3N7O5. The third-order valence-electron chi connectivity index (χ3n) is 5.90. The summed E-state index contributed by atoms with van der Waals surface area (Å²) in [6.07, 6.45) is 6.70. The zero-order valence-electron chi connectivity index (χ0n) is 22.8. The first-order chi connectivity index (χ1) is 19.2. The van der Waals surface area contributed by atoms with E-state index in [1.165, 1.54) is 17.2 Å². The van der Waals surface area contributed by atoms with Crippen molar-refractivity contribution in [2.24, 2.45) is 10.2 Å². The second-order valence-electron chi connectivity index (χ2n) is 9.44. The fourth-order valence-electron chi connectivity index (χ4n) is 3.85. The van der Waals surface area contributed by atoms with E-state index in [0.717, 1.165) is 0 Å². The van der Waals surface area contributed by atoms with Gasteiger partial charge in [-0.2, -0.15) is 23.4 Å². The Morgan fingerprint density at radius 2 is 1.93 bits per heavy atom. The minimum atomic E-state index is -5.08. The maximum Gasteiger partial charge on any atom is 0.490 e. The highest BCUT2D eigenvalue weighted by Gasteiger charge is 2.41. The molecule has 0 fully saturated rings. The number of carboxylic acids is 1. The molecule has 1 aliphatic rings. The van der Waals surface area contributed by atoms with Crippen LogP contribution in [-0.2, 0) is 27.5 Å². The Hall–Kier alpha value is -4.48. The van der Waals surface area contributed by atoms with Crippen LogP contribution in [0.2, 0.25) is 0 Å². The second-order valence-corrected chi connectivity index (χ2v) is 9.44. The van der Waals surface area contributed by atoms with E-state index in [1.54, 1.807) is 18.6 Å². The van der Waals surface area contributed by atoms with Gasteiger partial charge in [-0.15, -0.1) is 12.3 Å². The highest BCUT2D eigenvalue weighted by atomic mass is 19.4. The molecule has 0 radical (unpaired) electrons. The van der Waals surface area contributed by atoms with Crippen LogP contribution in [0, 0.1) is 12.3 Å². The van der Waals surface area contributed by atoms with Crippen molar-refractivity contribution in [2.45, 2.75) is 83.5 Å². The van der Waals surface area contributed by atoms with Crippen molar-refractivity contribution < 1.29 is 32.7 Å². The predicted molar refractivity (Wildman–Crippen MR) is 140 cm³/mol. The summed E-state index contributed by atoms with van der Waals surface area (Å²) in [5.74, 6) is -0.731. The molecule has 1 aliphatic heterocycles. The number of imidazole rings is 1. The number of pyridine rings is 1. The Balaban J connectivity index is 0.000000745. The number of hydrogen-bond donors (Lipinski definition) is 3. The lowest BCUT2D eigenvalue weighted by atomic mass is 10.0. The van der Waals surface area contributed by atoms with Gasteiger partial charge >= 0.3 is 12.1 Å². The van der Waals surface area contributed by atoms with Gasteiger partial charge in [0.05, 0.1) is 18.2 Å². The molecule has 222 valence electrons. The summed E-state index contributed by atoms with van der Waals surface area (Å²) in [7, 11) is 0. The Morgan fingerprint density at radius 1 is 1.27 bits per heavy atom. The summed E-state index contributed by atoms with van der Waals surface area (Å²) in [5, 5.41) is 18.3.